The lowest BCUT2D eigenvalue weighted by molar-refractivity contribution is -0.119. The lowest BCUT2D eigenvalue weighted by atomic mass is 9.91. The van der Waals surface area contributed by atoms with Gasteiger partial charge >= 0.3 is 5.97 Å². The predicted octanol–water partition coefficient (Wildman–Crippen LogP) is 4.65. The zero-order valence-electron chi connectivity index (χ0n) is 18.6. The average Bonchev–Trinajstić information content (AvgIpc) is 2.78. The Balaban J connectivity index is 1.49. The second-order valence-electron chi connectivity index (χ2n) is 8.23. The number of aryl methyl sites for hydroxylation is 1. The van der Waals surface area contributed by atoms with Crippen LogP contribution in [0.15, 0.2) is 48.5 Å². The Morgan fingerprint density at radius 3 is 2.27 bits per heavy atom. The van der Waals surface area contributed by atoms with Gasteiger partial charge in [-0.1, -0.05) is 31.0 Å². The first kappa shape index (κ1) is 22.5. The van der Waals surface area contributed by atoms with Crippen LogP contribution in [-0.4, -0.2) is 29.4 Å². The summed E-state index contributed by atoms with van der Waals surface area (Å²) in [6.45, 7) is 1.04. The molecule has 4 rings (SSSR count). The molecule has 33 heavy (non-hydrogen) atoms. The molecule has 2 aromatic carbocycles. The number of carbonyl (C=O) groups excluding carboxylic acids is 3. The van der Waals surface area contributed by atoms with Crippen molar-refractivity contribution in [3.05, 3.63) is 65.4 Å². The third-order valence-corrected chi connectivity index (χ3v) is 5.70. The number of amides is 2. The Labute approximate surface area is 192 Å². The average molecular weight is 446 g/mol. The molecule has 1 heterocycles. The molecule has 1 aromatic heterocycles. The minimum Gasteiger partial charge on any atom is -0.452 e. The largest absolute Gasteiger partial charge is 0.452 e. The van der Waals surface area contributed by atoms with E-state index in [0.717, 1.165) is 54.3 Å². The summed E-state index contributed by atoms with van der Waals surface area (Å²) < 4.78 is 5.45. The molecule has 1 aliphatic rings. The minimum absolute atomic E-state index is 0.171. The van der Waals surface area contributed by atoms with Gasteiger partial charge in [0, 0.05) is 29.4 Å². The van der Waals surface area contributed by atoms with Gasteiger partial charge < -0.3 is 15.4 Å². The predicted molar refractivity (Wildman–Crippen MR) is 127 cm³/mol. The van der Waals surface area contributed by atoms with Crippen molar-refractivity contribution < 1.29 is 19.1 Å². The van der Waals surface area contributed by atoms with Gasteiger partial charge in [0.1, 0.15) is 0 Å². The SMILES string of the molecule is CC(=O)Nc1ccc(NC(=O)COC(=O)c2c3c(nc4ccccc24)CCCCCC3)cc1. The van der Waals surface area contributed by atoms with Crippen molar-refractivity contribution in [2.75, 3.05) is 17.2 Å². The number of esters is 1. The normalized spacial score (nSPS) is 13.4. The number of hydrogen-bond donors (Lipinski definition) is 2. The summed E-state index contributed by atoms with van der Waals surface area (Å²) in [5.41, 5.74) is 4.39. The highest BCUT2D eigenvalue weighted by atomic mass is 16.5. The number of fused-ring (bicyclic) bond motifs is 2. The van der Waals surface area contributed by atoms with E-state index in [4.69, 9.17) is 9.72 Å². The van der Waals surface area contributed by atoms with Crippen LogP contribution < -0.4 is 10.6 Å². The van der Waals surface area contributed by atoms with Gasteiger partial charge in [-0.15, -0.1) is 0 Å². The first-order valence-corrected chi connectivity index (χ1v) is 11.3. The molecular formula is C26H27N3O4. The van der Waals surface area contributed by atoms with Gasteiger partial charge in [0.25, 0.3) is 5.91 Å². The monoisotopic (exact) mass is 445 g/mol. The molecule has 0 spiro atoms. The van der Waals surface area contributed by atoms with Crippen molar-refractivity contribution in [2.45, 2.75) is 45.4 Å². The van der Waals surface area contributed by atoms with Gasteiger partial charge in [0.15, 0.2) is 6.61 Å². The molecule has 0 atom stereocenters. The topological polar surface area (TPSA) is 97.4 Å². The Kier molecular flexibility index (Phi) is 6.98. The lowest BCUT2D eigenvalue weighted by Gasteiger charge is -2.18. The fourth-order valence-electron chi connectivity index (χ4n) is 4.20. The standard InChI is InChI=1S/C26H27N3O4/c1-17(30)27-18-12-14-19(15-13-18)28-24(31)16-33-26(32)25-20-8-4-2-3-5-10-22(20)29-23-11-7-6-9-21(23)25/h6-7,9,11-15H,2-5,8,10,16H2,1H3,(H,27,30)(H,28,31). The molecule has 3 aromatic rings. The van der Waals surface area contributed by atoms with Crippen LogP contribution in [0.4, 0.5) is 11.4 Å². The van der Waals surface area contributed by atoms with Crippen LogP contribution in [0.3, 0.4) is 0 Å². The van der Waals surface area contributed by atoms with Gasteiger partial charge in [-0.05, 0) is 61.6 Å². The van der Waals surface area contributed by atoms with Gasteiger partial charge in [-0.2, -0.15) is 0 Å². The highest BCUT2D eigenvalue weighted by Gasteiger charge is 2.23. The van der Waals surface area contributed by atoms with E-state index in [1.807, 2.05) is 24.3 Å². The first-order chi connectivity index (χ1) is 16.0. The van der Waals surface area contributed by atoms with E-state index < -0.39 is 18.5 Å². The van der Waals surface area contributed by atoms with Crippen LogP contribution in [0.5, 0.6) is 0 Å². The van der Waals surface area contributed by atoms with Crippen LogP contribution in [0.1, 0.15) is 54.2 Å². The highest BCUT2D eigenvalue weighted by Crippen LogP contribution is 2.29. The van der Waals surface area contributed by atoms with Crippen LogP contribution in [0.2, 0.25) is 0 Å². The van der Waals surface area contributed by atoms with Crippen LogP contribution in [-0.2, 0) is 27.2 Å². The first-order valence-electron chi connectivity index (χ1n) is 11.3. The van der Waals surface area contributed by atoms with E-state index in [2.05, 4.69) is 10.6 Å². The highest BCUT2D eigenvalue weighted by molar-refractivity contribution is 6.06. The van der Waals surface area contributed by atoms with E-state index in [1.54, 1.807) is 24.3 Å². The number of hydrogen-bond acceptors (Lipinski definition) is 5. The van der Waals surface area contributed by atoms with Gasteiger partial charge in [0.2, 0.25) is 5.91 Å². The quantitative estimate of drug-likeness (QED) is 0.557. The van der Waals surface area contributed by atoms with E-state index >= 15 is 0 Å². The second kappa shape index (κ2) is 10.3. The molecule has 2 amide bonds. The fraction of sp³-hybridized carbons (Fsp3) is 0.308. The van der Waals surface area contributed by atoms with Crippen molar-refractivity contribution in [1.29, 1.82) is 0 Å². The van der Waals surface area contributed by atoms with Crippen LogP contribution >= 0.6 is 0 Å². The third kappa shape index (κ3) is 5.55. The maximum Gasteiger partial charge on any atom is 0.339 e. The fourth-order valence-corrected chi connectivity index (χ4v) is 4.20. The molecule has 0 bridgehead atoms. The summed E-state index contributed by atoms with van der Waals surface area (Å²) in [7, 11) is 0. The van der Waals surface area contributed by atoms with E-state index in [9.17, 15) is 14.4 Å². The number of nitrogens with one attached hydrogen (secondary N) is 2. The van der Waals surface area contributed by atoms with Crippen LogP contribution in [0.25, 0.3) is 10.9 Å². The summed E-state index contributed by atoms with van der Waals surface area (Å²) in [6, 6.07) is 14.3. The van der Waals surface area contributed by atoms with Crippen molar-refractivity contribution in [2.24, 2.45) is 0 Å². The molecule has 2 N–H and O–H groups in total. The van der Waals surface area contributed by atoms with Crippen molar-refractivity contribution in [3.63, 3.8) is 0 Å². The minimum atomic E-state index is -0.499. The zero-order chi connectivity index (χ0) is 23.2. The number of ether oxygens (including phenoxy) is 1. The summed E-state index contributed by atoms with van der Waals surface area (Å²) in [5.74, 6) is -1.10. The summed E-state index contributed by atoms with van der Waals surface area (Å²) in [5, 5.41) is 6.13. The van der Waals surface area contributed by atoms with Crippen molar-refractivity contribution in [3.8, 4) is 0 Å². The smallest absolute Gasteiger partial charge is 0.339 e. The molecule has 0 saturated carbocycles. The number of nitrogens with zero attached hydrogens (tertiary/aromatic N) is 1. The second-order valence-corrected chi connectivity index (χ2v) is 8.23. The van der Waals surface area contributed by atoms with Crippen LogP contribution in [0, 0.1) is 0 Å². The summed E-state index contributed by atoms with van der Waals surface area (Å²) in [4.78, 5) is 41.5. The summed E-state index contributed by atoms with van der Waals surface area (Å²) in [6.07, 6.45) is 5.97. The lowest BCUT2D eigenvalue weighted by Crippen LogP contribution is -2.22. The number of aromatic nitrogens is 1. The number of benzene rings is 2. The molecule has 1 aliphatic carbocycles. The molecule has 0 aliphatic heterocycles. The van der Waals surface area contributed by atoms with Gasteiger partial charge in [-0.25, -0.2) is 4.79 Å². The van der Waals surface area contributed by atoms with E-state index in [1.165, 1.54) is 13.3 Å². The molecular weight excluding hydrogens is 418 g/mol. The number of carbonyl (C=O) groups is 3. The molecule has 0 radical (unpaired) electrons. The van der Waals surface area contributed by atoms with Gasteiger partial charge in [-0.3, -0.25) is 14.6 Å². The zero-order valence-corrected chi connectivity index (χ0v) is 18.6. The third-order valence-electron chi connectivity index (χ3n) is 5.70. The molecule has 0 fully saturated rings. The maximum atomic E-state index is 13.2. The number of anilines is 2. The number of para-hydroxylation sites is 1. The Bertz CT molecular complexity index is 1190. The number of pyridine rings is 1. The van der Waals surface area contributed by atoms with Crippen molar-refractivity contribution in [1.82, 2.24) is 4.98 Å². The Morgan fingerprint density at radius 1 is 0.879 bits per heavy atom. The van der Waals surface area contributed by atoms with E-state index in [-0.39, 0.29) is 5.91 Å². The molecule has 7 nitrogen and oxygen atoms in total. The molecule has 7 heteroatoms. The van der Waals surface area contributed by atoms with Gasteiger partial charge in [0.05, 0.1) is 11.1 Å². The Hall–Kier alpha value is -3.74. The maximum absolute atomic E-state index is 13.2. The van der Waals surface area contributed by atoms with Crippen molar-refractivity contribution >= 4 is 40.1 Å². The number of rotatable bonds is 5. The Morgan fingerprint density at radius 2 is 1.55 bits per heavy atom. The molecule has 0 unspecified atom stereocenters. The molecule has 0 saturated heterocycles. The van der Waals surface area contributed by atoms with E-state index in [0.29, 0.717) is 16.9 Å². The summed E-state index contributed by atoms with van der Waals surface area (Å²) >= 11 is 0. The molecule has 170 valence electrons.